The lowest BCUT2D eigenvalue weighted by molar-refractivity contribution is -0.122. The third-order valence-corrected chi connectivity index (χ3v) is 3.55. The van der Waals surface area contributed by atoms with E-state index in [-0.39, 0.29) is 5.91 Å². The van der Waals surface area contributed by atoms with E-state index < -0.39 is 0 Å². The zero-order valence-corrected chi connectivity index (χ0v) is 14.2. The minimum atomic E-state index is 0.00537. The van der Waals surface area contributed by atoms with Crippen molar-refractivity contribution in [2.45, 2.75) is 6.54 Å². The number of carbonyl (C=O) groups excluding carboxylic acids is 1. The first kappa shape index (κ1) is 17.8. The zero-order chi connectivity index (χ0) is 17.2. The van der Waals surface area contributed by atoms with Crippen molar-refractivity contribution in [3.63, 3.8) is 0 Å². The summed E-state index contributed by atoms with van der Waals surface area (Å²) in [6, 6.07) is 17.3. The van der Waals surface area contributed by atoms with E-state index in [1.165, 1.54) is 0 Å². The highest BCUT2D eigenvalue weighted by molar-refractivity contribution is 5.77. The average Bonchev–Trinajstić information content (AvgIpc) is 2.61. The van der Waals surface area contributed by atoms with Crippen LogP contribution in [0, 0.1) is 0 Å². The molecule has 24 heavy (non-hydrogen) atoms. The van der Waals surface area contributed by atoms with Crippen molar-refractivity contribution in [2.75, 3.05) is 33.9 Å². The van der Waals surface area contributed by atoms with Crippen molar-refractivity contribution in [3.8, 4) is 11.5 Å². The van der Waals surface area contributed by atoms with Gasteiger partial charge < -0.3 is 14.8 Å². The molecule has 0 aliphatic rings. The van der Waals surface area contributed by atoms with Crippen LogP contribution in [0.5, 0.6) is 11.5 Å². The molecule has 0 aliphatic carbocycles. The normalized spacial score (nSPS) is 10.5. The van der Waals surface area contributed by atoms with Crippen molar-refractivity contribution in [1.82, 2.24) is 10.2 Å². The largest absolute Gasteiger partial charge is 0.497 e. The first-order chi connectivity index (χ1) is 11.7. The number of ether oxygens (including phenoxy) is 2. The number of methoxy groups -OCH3 is 1. The lowest BCUT2D eigenvalue weighted by atomic mass is 10.2. The molecule has 0 atom stereocenters. The highest BCUT2D eigenvalue weighted by atomic mass is 16.5. The van der Waals surface area contributed by atoms with E-state index in [4.69, 9.17) is 9.47 Å². The second-order valence-corrected chi connectivity index (χ2v) is 5.52. The standard InChI is InChI=1S/C19H24N2O3/c1-21(12-13-24-18-10-8-17(23-2)9-11-18)15-19(22)20-14-16-6-4-3-5-7-16/h3-11H,12-15H2,1-2H3,(H,20,22). The number of hydrogen-bond acceptors (Lipinski definition) is 4. The summed E-state index contributed by atoms with van der Waals surface area (Å²) in [6.07, 6.45) is 0. The van der Waals surface area contributed by atoms with Crippen LogP contribution in [0.25, 0.3) is 0 Å². The minimum absolute atomic E-state index is 0.00537. The van der Waals surface area contributed by atoms with Gasteiger partial charge in [-0.1, -0.05) is 30.3 Å². The van der Waals surface area contributed by atoms with Crippen LogP contribution in [-0.4, -0.2) is 44.7 Å². The van der Waals surface area contributed by atoms with Crippen LogP contribution >= 0.6 is 0 Å². The number of carbonyl (C=O) groups is 1. The van der Waals surface area contributed by atoms with Gasteiger partial charge >= 0.3 is 0 Å². The van der Waals surface area contributed by atoms with E-state index >= 15 is 0 Å². The number of hydrogen-bond donors (Lipinski definition) is 1. The molecule has 0 bridgehead atoms. The van der Waals surface area contributed by atoms with Crippen molar-refractivity contribution in [1.29, 1.82) is 0 Å². The molecule has 0 heterocycles. The third kappa shape index (κ3) is 6.30. The molecule has 2 rings (SSSR count). The first-order valence-corrected chi connectivity index (χ1v) is 7.93. The third-order valence-electron chi connectivity index (χ3n) is 3.55. The van der Waals surface area contributed by atoms with Gasteiger partial charge in [-0.25, -0.2) is 0 Å². The number of rotatable bonds is 9. The fourth-order valence-electron chi connectivity index (χ4n) is 2.17. The fourth-order valence-corrected chi connectivity index (χ4v) is 2.17. The van der Waals surface area contributed by atoms with Gasteiger partial charge in [0.05, 0.1) is 13.7 Å². The Morgan fingerprint density at radius 1 is 1.04 bits per heavy atom. The maximum absolute atomic E-state index is 11.9. The number of nitrogens with zero attached hydrogens (tertiary/aromatic N) is 1. The molecular formula is C19H24N2O3. The maximum atomic E-state index is 11.9. The molecule has 0 saturated heterocycles. The summed E-state index contributed by atoms with van der Waals surface area (Å²) in [5.41, 5.74) is 1.09. The van der Waals surface area contributed by atoms with Crippen LogP contribution in [0.2, 0.25) is 0 Å². The van der Waals surface area contributed by atoms with E-state index in [2.05, 4.69) is 5.32 Å². The van der Waals surface area contributed by atoms with Crippen molar-refractivity contribution < 1.29 is 14.3 Å². The number of amides is 1. The summed E-state index contributed by atoms with van der Waals surface area (Å²) in [5, 5.41) is 2.92. The van der Waals surface area contributed by atoms with E-state index in [0.717, 1.165) is 17.1 Å². The van der Waals surface area contributed by atoms with Crippen molar-refractivity contribution >= 4 is 5.91 Å². The molecule has 0 radical (unpaired) electrons. The fraction of sp³-hybridized carbons (Fsp3) is 0.316. The quantitative estimate of drug-likeness (QED) is 0.767. The summed E-state index contributed by atoms with van der Waals surface area (Å²) >= 11 is 0. The van der Waals surface area contributed by atoms with Gasteiger partial charge in [-0.2, -0.15) is 0 Å². The molecule has 0 fully saturated rings. The summed E-state index contributed by atoms with van der Waals surface area (Å²) in [4.78, 5) is 13.9. The minimum Gasteiger partial charge on any atom is -0.497 e. The van der Waals surface area contributed by atoms with E-state index in [1.54, 1.807) is 7.11 Å². The van der Waals surface area contributed by atoms with Gasteiger partial charge in [0.15, 0.2) is 0 Å². The predicted octanol–water partition coefficient (Wildman–Crippen LogP) is 2.32. The van der Waals surface area contributed by atoms with Gasteiger partial charge in [0, 0.05) is 13.1 Å². The molecule has 5 nitrogen and oxygen atoms in total. The highest BCUT2D eigenvalue weighted by Gasteiger charge is 2.06. The van der Waals surface area contributed by atoms with Gasteiger partial charge in [0.2, 0.25) is 5.91 Å². The lowest BCUT2D eigenvalue weighted by Crippen LogP contribution is -2.36. The Bertz CT molecular complexity index is 614. The van der Waals surface area contributed by atoms with E-state index in [1.807, 2.05) is 66.5 Å². The molecule has 2 aromatic carbocycles. The number of benzene rings is 2. The zero-order valence-electron chi connectivity index (χ0n) is 14.2. The SMILES string of the molecule is COc1ccc(OCCN(C)CC(=O)NCc2ccccc2)cc1. The van der Waals surface area contributed by atoms with Gasteiger partial charge in [-0.15, -0.1) is 0 Å². The summed E-state index contributed by atoms with van der Waals surface area (Å²) in [6.45, 7) is 2.09. The van der Waals surface area contributed by atoms with Crippen LogP contribution in [-0.2, 0) is 11.3 Å². The van der Waals surface area contributed by atoms with Crippen LogP contribution in [0.1, 0.15) is 5.56 Å². The van der Waals surface area contributed by atoms with Crippen LogP contribution in [0.4, 0.5) is 0 Å². The van der Waals surface area contributed by atoms with Crippen LogP contribution in [0.15, 0.2) is 54.6 Å². The van der Waals surface area contributed by atoms with Crippen LogP contribution < -0.4 is 14.8 Å². The molecule has 0 aromatic heterocycles. The Kier molecular flexibility index (Phi) is 7.11. The second-order valence-electron chi connectivity index (χ2n) is 5.52. The monoisotopic (exact) mass is 328 g/mol. The summed E-state index contributed by atoms with van der Waals surface area (Å²) < 4.78 is 10.8. The first-order valence-electron chi connectivity index (χ1n) is 7.93. The number of likely N-dealkylation sites (N-methyl/N-ethyl adjacent to an activating group) is 1. The van der Waals surface area contributed by atoms with E-state index in [9.17, 15) is 4.79 Å². The van der Waals surface area contributed by atoms with Crippen molar-refractivity contribution in [2.24, 2.45) is 0 Å². The molecule has 0 aliphatic heterocycles. The molecule has 1 amide bonds. The molecule has 1 N–H and O–H groups in total. The van der Waals surface area contributed by atoms with Gasteiger partial charge in [-0.3, -0.25) is 9.69 Å². The molecule has 128 valence electrons. The molecular weight excluding hydrogens is 304 g/mol. The second kappa shape index (κ2) is 9.57. The smallest absolute Gasteiger partial charge is 0.234 e. The Labute approximate surface area is 143 Å². The van der Waals surface area contributed by atoms with Gasteiger partial charge in [0.25, 0.3) is 0 Å². The molecule has 0 unspecified atom stereocenters. The molecule has 0 spiro atoms. The van der Waals surface area contributed by atoms with Crippen molar-refractivity contribution in [3.05, 3.63) is 60.2 Å². The maximum Gasteiger partial charge on any atom is 0.234 e. The lowest BCUT2D eigenvalue weighted by Gasteiger charge is -2.16. The Morgan fingerprint density at radius 3 is 2.38 bits per heavy atom. The number of nitrogens with one attached hydrogen (secondary N) is 1. The molecule has 2 aromatic rings. The van der Waals surface area contributed by atoms with Crippen LogP contribution in [0.3, 0.4) is 0 Å². The summed E-state index contributed by atoms with van der Waals surface area (Å²) in [7, 11) is 3.53. The van der Waals surface area contributed by atoms with Gasteiger partial charge in [0.1, 0.15) is 18.1 Å². The topological polar surface area (TPSA) is 50.8 Å². The Hall–Kier alpha value is -2.53. The predicted molar refractivity (Wildman–Crippen MR) is 94.3 cm³/mol. The Morgan fingerprint density at radius 2 is 1.71 bits per heavy atom. The Balaban J connectivity index is 1.63. The highest BCUT2D eigenvalue weighted by Crippen LogP contribution is 2.16. The summed E-state index contributed by atoms with van der Waals surface area (Å²) in [5.74, 6) is 1.60. The van der Waals surface area contributed by atoms with Gasteiger partial charge in [-0.05, 0) is 36.9 Å². The molecule has 5 heteroatoms. The molecule has 0 saturated carbocycles. The average molecular weight is 328 g/mol. The van der Waals surface area contributed by atoms with E-state index in [0.29, 0.717) is 26.2 Å².